The standard InChI is InChI=1S/C18H25N3O5S/c1-13-18(14(2)26-20-13)27(22,23)19-12-17(21-7-9-25-10-8-21)15-5-4-6-16(11-15)24-3/h4-6,11,17,19H,7-10,12H2,1-3H3. The van der Waals surface area contributed by atoms with Crippen molar-refractivity contribution in [2.75, 3.05) is 40.0 Å². The lowest BCUT2D eigenvalue weighted by Crippen LogP contribution is -2.43. The van der Waals surface area contributed by atoms with E-state index in [0.717, 1.165) is 24.4 Å². The maximum atomic E-state index is 12.8. The highest BCUT2D eigenvalue weighted by Crippen LogP contribution is 2.26. The first kappa shape index (κ1) is 19.8. The number of aromatic nitrogens is 1. The van der Waals surface area contributed by atoms with Crippen LogP contribution in [0.5, 0.6) is 5.75 Å². The zero-order chi connectivity index (χ0) is 19.4. The van der Waals surface area contributed by atoms with Gasteiger partial charge in [-0.05, 0) is 31.5 Å². The number of hydrogen-bond acceptors (Lipinski definition) is 7. The third-order valence-electron chi connectivity index (χ3n) is 4.67. The van der Waals surface area contributed by atoms with Crippen molar-refractivity contribution in [1.29, 1.82) is 0 Å². The molecule has 1 fully saturated rings. The Morgan fingerprint density at radius 1 is 1.30 bits per heavy atom. The zero-order valence-corrected chi connectivity index (χ0v) is 16.6. The van der Waals surface area contributed by atoms with E-state index in [2.05, 4.69) is 14.8 Å². The van der Waals surface area contributed by atoms with Crippen LogP contribution in [0.2, 0.25) is 0 Å². The van der Waals surface area contributed by atoms with Crippen LogP contribution in [0.3, 0.4) is 0 Å². The molecule has 1 aliphatic rings. The molecular weight excluding hydrogens is 370 g/mol. The summed E-state index contributed by atoms with van der Waals surface area (Å²) in [5.41, 5.74) is 1.34. The van der Waals surface area contributed by atoms with Gasteiger partial charge in [-0.1, -0.05) is 17.3 Å². The summed E-state index contributed by atoms with van der Waals surface area (Å²) in [6.45, 7) is 6.14. The van der Waals surface area contributed by atoms with Crippen LogP contribution in [0.1, 0.15) is 23.1 Å². The minimum absolute atomic E-state index is 0.105. The lowest BCUT2D eigenvalue weighted by atomic mass is 10.0. The quantitative estimate of drug-likeness (QED) is 0.762. The molecule has 1 atom stereocenters. The van der Waals surface area contributed by atoms with Gasteiger partial charge in [-0.3, -0.25) is 4.90 Å². The van der Waals surface area contributed by atoms with Crippen molar-refractivity contribution in [1.82, 2.24) is 14.8 Å². The molecule has 9 heteroatoms. The number of methoxy groups -OCH3 is 1. The smallest absolute Gasteiger partial charge is 0.246 e. The van der Waals surface area contributed by atoms with E-state index in [0.29, 0.717) is 18.9 Å². The van der Waals surface area contributed by atoms with E-state index in [1.165, 1.54) is 0 Å². The second kappa shape index (κ2) is 8.39. The number of nitrogens with one attached hydrogen (secondary N) is 1. The van der Waals surface area contributed by atoms with Crippen LogP contribution in [0.25, 0.3) is 0 Å². The Morgan fingerprint density at radius 2 is 2.04 bits per heavy atom. The second-order valence-corrected chi connectivity index (χ2v) is 8.15. The van der Waals surface area contributed by atoms with Crippen LogP contribution in [-0.2, 0) is 14.8 Å². The van der Waals surface area contributed by atoms with Gasteiger partial charge in [0.2, 0.25) is 10.0 Å². The number of sulfonamides is 1. The molecule has 1 unspecified atom stereocenters. The van der Waals surface area contributed by atoms with Crippen molar-refractivity contribution in [3.8, 4) is 5.75 Å². The van der Waals surface area contributed by atoms with Gasteiger partial charge in [0.1, 0.15) is 16.3 Å². The molecule has 0 spiro atoms. The van der Waals surface area contributed by atoms with Crippen LogP contribution in [0.15, 0.2) is 33.7 Å². The number of ether oxygens (including phenoxy) is 2. The Kier molecular flexibility index (Phi) is 6.15. The molecular formula is C18H25N3O5S. The largest absolute Gasteiger partial charge is 0.497 e. The Bertz CT molecular complexity index is 855. The molecule has 1 aliphatic heterocycles. The Morgan fingerprint density at radius 3 is 2.67 bits per heavy atom. The molecule has 1 saturated heterocycles. The van der Waals surface area contributed by atoms with Gasteiger partial charge in [0.15, 0.2) is 5.76 Å². The maximum absolute atomic E-state index is 12.8. The molecule has 1 N–H and O–H groups in total. The number of aryl methyl sites for hydroxylation is 2. The molecule has 1 aromatic heterocycles. The normalized spacial score (nSPS) is 17.0. The summed E-state index contributed by atoms with van der Waals surface area (Å²) in [7, 11) is -2.12. The number of morpholine rings is 1. The molecule has 2 aromatic rings. The fourth-order valence-electron chi connectivity index (χ4n) is 3.31. The molecule has 0 bridgehead atoms. The van der Waals surface area contributed by atoms with Crippen molar-refractivity contribution in [2.45, 2.75) is 24.8 Å². The third-order valence-corrected chi connectivity index (χ3v) is 6.34. The van der Waals surface area contributed by atoms with Crippen molar-refractivity contribution in [2.24, 2.45) is 0 Å². The molecule has 27 heavy (non-hydrogen) atoms. The maximum Gasteiger partial charge on any atom is 0.246 e. The van der Waals surface area contributed by atoms with Gasteiger partial charge in [-0.25, -0.2) is 13.1 Å². The molecule has 2 heterocycles. The van der Waals surface area contributed by atoms with Crippen LogP contribution < -0.4 is 9.46 Å². The van der Waals surface area contributed by atoms with Crippen LogP contribution in [0.4, 0.5) is 0 Å². The Hall–Kier alpha value is -1.94. The average Bonchev–Trinajstić information content (AvgIpc) is 3.02. The summed E-state index contributed by atoms with van der Waals surface area (Å²) < 4.78 is 44.1. The van der Waals surface area contributed by atoms with Crippen molar-refractivity contribution in [3.63, 3.8) is 0 Å². The highest BCUT2D eigenvalue weighted by molar-refractivity contribution is 7.89. The number of nitrogens with zero attached hydrogens (tertiary/aromatic N) is 2. The molecule has 0 radical (unpaired) electrons. The monoisotopic (exact) mass is 395 g/mol. The zero-order valence-electron chi connectivity index (χ0n) is 15.8. The van der Waals surface area contributed by atoms with Crippen LogP contribution in [0, 0.1) is 13.8 Å². The lowest BCUT2D eigenvalue weighted by Gasteiger charge is -2.35. The van der Waals surface area contributed by atoms with E-state index < -0.39 is 10.0 Å². The molecule has 8 nitrogen and oxygen atoms in total. The topological polar surface area (TPSA) is 93.9 Å². The molecule has 1 aromatic carbocycles. The second-order valence-electron chi connectivity index (χ2n) is 6.45. The highest BCUT2D eigenvalue weighted by Gasteiger charge is 2.28. The number of benzene rings is 1. The Labute approximate surface area is 159 Å². The summed E-state index contributed by atoms with van der Waals surface area (Å²) in [5, 5.41) is 3.74. The fourth-order valence-corrected chi connectivity index (χ4v) is 4.68. The minimum atomic E-state index is -3.73. The molecule has 0 amide bonds. The fraction of sp³-hybridized carbons (Fsp3) is 0.500. The molecule has 0 aliphatic carbocycles. The lowest BCUT2D eigenvalue weighted by molar-refractivity contribution is 0.0171. The van der Waals surface area contributed by atoms with E-state index >= 15 is 0 Å². The average molecular weight is 395 g/mol. The number of hydrogen-bond donors (Lipinski definition) is 1. The molecule has 3 rings (SSSR count). The predicted octanol–water partition coefficient (Wildman–Crippen LogP) is 1.65. The highest BCUT2D eigenvalue weighted by atomic mass is 32.2. The van der Waals surface area contributed by atoms with E-state index in [-0.39, 0.29) is 23.2 Å². The first-order valence-electron chi connectivity index (χ1n) is 8.80. The van der Waals surface area contributed by atoms with Gasteiger partial charge in [0.25, 0.3) is 0 Å². The summed E-state index contributed by atoms with van der Waals surface area (Å²) in [6, 6.07) is 7.55. The summed E-state index contributed by atoms with van der Waals surface area (Å²) in [6.07, 6.45) is 0. The van der Waals surface area contributed by atoms with Crippen LogP contribution in [-0.4, -0.2) is 58.4 Å². The predicted molar refractivity (Wildman–Crippen MR) is 99.3 cm³/mol. The first-order chi connectivity index (χ1) is 12.9. The van der Waals surface area contributed by atoms with Crippen molar-refractivity contribution < 1.29 is 22.4 Å². The number of rotatable bonds is 7. The van der Waals surface area contributed by atoms with Gasteiger partial charge < -0.3 is 14.0 Å². The minimum Gasteiger partial charge on any atom is -0.497 e. The summed E-state index contributed by atoms with van der Waals surface area (Å²) >= 11 is 0. The van der Waals surface area contributed by atoms with E-state index in [9.17, 15) is 8.42 Å². The van der Waals surface area contributed by atoms with Gasteiger partial charge >= 0.3 is 0 Å². The Balaban J connectivity index is 1.85. The van der Waals surface area contributed by atoms with E-state index in [4.69, 9.17) is 14.0 Å². The van der Waals surface area contributed by atoms with Gasteiger partial charge in [-0.15, -0.1) is 0 Å². The van der Waals surface area contributed by atoms with E-state index in [1.807, 2.05) is 24.3 Å². The summed E-state index contributed by atoms with van der Waals surface area (Å²) in [5.74, 6) is 1.02. The SMILES string of the molecule is COc1cccc(C(CNS(=O)(=O)c2c(C)noc2C)N2CCOCC2)c1. The van der Waals surface area contributed by atoms with Gasteiger partial charge in [0, 0.05) is 25.7 Å². The molecule has 148 valence electrons. The van der Waals surface area contributed by atoms with E-state index in [1.54, 1.807) is 21.0 Å². The van der Waals surface area contributed by atoms with Crippen molar-refractivity contribution >= 4 is 10.0 Å². The van der Waals surface area contributed by atoms with Gasteiger partial charge in [-0.2, -0.15) is 0 Å². The first-order valence-corrected chi connectivity index (χ1v) is 10.3. The van der Waals surface area contributed by atoms with Crippen molar-refractivity contribution in [3.05, 3.63) is 41.3 Å². The van der Waals surface area contributed by atoms with Gasteiger partial charge in [0.05, 0.1) is 20.3 Å². The third kappa shape index (κ3) is 4.49. The summed E-state index contributed by atoms with van der Waals surface area (Å²) in [4.78, 5) is 2.32. The van der Waals surface area contributed by atoms with Crippen LogP contribution >= 0.6 is 0 Å². The molecule has 0 saturated carbocycles.